The molecule has 8 nitrogen and oxygen atoms in total. The summed E-state index contributed by atoms with van der Waals surface area (Å²) in [6, 6.07) is 4.54. The van der Waals surface area contributed by atoms with E-state index < -0.39 is 6.09 Å². The SMILES string of the molecule is CC(C)CC(CNC(=O)Oc1ccc2c3c1O[C@H]1CC=CC4C(C2)N(C)CC[C@@]341)CC(=O)NN1CCCCCC1. The van der Waals surface area contributed by atoms with Crippen LogP contribution in [0.1, 0.15) is 76.3 Å². The zero-order valence-electron chi connectivity index (χ0n) is 24.4. The number of piperidine rings is 1. The number of hydrogen-bond acceptors (Lipinski definition) is 6. The van der Waals surface area contributed by atoms with Crippen LogP contribution in [-0.4, -0.2) is 67.3 Å². The van der Waals surface area contributed by atoms with Gasteiger partial charge in [-0.15, -0.1) is 0 Å². The summed E-state index contributed by atoms with van der Waals surface area (Å²) in [7, 11) is 2.24. The first-order valence-electron chi connectivity index (χ1n) is 15.5. The fourth-order valence-corrected chi connectivity index (χ4v) is 8.22. The largest absolute Gasteiger partial charge is 0.485 e. The number of carbonyl (C=O) groups is 2. The molecule has 0 aromatic heterocycles. The van der Waals surface area contributed by atoms with E-state index in [2.05, 4.69) is 59.8 Å². The Morgan fingerprint density at radius 3 is 2.73 bits per heavy atom. The van der Waals surface area contributed by atoms with Crippen molar-refractivity contribution in [2.75, 3.05) is 33.2 Å². The van der Waals surface area contributed by atoms with E-state index >= 15 is 0 Å². The number of likely N-dealkylation sites (tertiary alicyclic amines) is 1. The first kappa shape index (κ1) is 27.6. The van der Waals surface area contributed by atoms with Crippen LogP contribution < -0.4 is 20.2 Å². The minimum Gasteiger partial charge on any atom is -0.485 e. The van der Waals surface area contributed by atoms with Gasteiger partial charge >= 0.3 is 6.09 Å². The van der Waals surface area contributed by atoms with Crippen molar-refractivity contribution in [3.8, 4) is 11.5 Å². The Morgan fingerprint density at radius 2 is 1.95 bits per heavy atom. The average Bonchev–Trinajstić information content (AvgIpc) is 3.05. The molecule has 2 fully saturated rings. The number of nitrogens with one attached hydrogen (secondary N) is 2. The van der Waals surface area contributed by atoms with Crippen molar-refractivity contribution in [2.24, 2.45) is 17.8 Å². The van der Waals surface area contributed by atoms with Crippen molar-refractivity contribution in [1.29, 1.82) is 0 Å². The lowest BCUT2D eigenvalue weighted by Gasteiger charge is -2.55. The molecule has 3 heterocycles. The second kappa shape index (κ2) is 11.4. The number of carbonyl (C=O) groups excluding carboxylic acids is 2. The molecule has 6 rings (SSSR count). The number of likely N-dealkylation sites (N-methyl/N-ethyl adjacent to an activating group) is 1. The summed E-state index contributed by atoms with van der Waals surface area (Å²) in [5, 5.41) is 5.03. The summed E-state index contributed by atoms with van der Waals surface area (Å²) in [5.41, 5.74) is 5.70. The van der Waals surface area contributed by atoms with E-state index in [1.165, 1.54) is 24.0 Å². The Morgan fingerprint density at radius 1 is 1.15 bits per heavy atom. The number of benzene rings is 1. The van der Waals surface area contributed by atoms with E-state index in [-0.39, 0.29) is 23.3 Å². The summed E-state index contributed by atoms with van der Waals surface area (Å²) in [6.07, 6.45) is 13.2. The van der Waals surface area contributed by atoms with E-state index in [0.717, 1.165) is 63.9 Å². The van der Waals surface area contributed by atoms with Crippen LogP contribution in [0.2, 0.25) is 0 Å². The number of hydrazine groups is 1. The normalized spacial score (nSPS) is 29.8. The first-order valence-corrected chi connectivity index (χ1v) is 15.5. The topological polar surface area (TPSA) is 83.1 Å². The van der Waals surface area contributed by atoms with Crippen molar-refractivity contribution >= 4 is 12.0 Å². The molecule has 5 atom stereocenters. The molecule has 3 unspecified atom stereocenters. The predicted molar refractivity (Wildman–Crippen MR) is 154 cm³/mol. The zero-order chi connectivity index (χ0) is 27.9. The molecule has 2 bridgehead atoms. The van der Waals surface area contributed by atoms with E-state index in [9.17, 15) is 9.59 Å². The zero-order valence-corrected chi connectivity index (χ0v) is 24.4. The van der Waals surface area contributed by atoms with Gasteiger partial charge in [-0.3, -0.25) is 10.2 Å². The van der Waals surface area contributed by atoms with Gasteiger partial charge < -0.3 is 19.7 Å². The maximum Gasteiger partial charge on any atom is 0.412 e. The number of amides is 2. The Balaban J connectivity index is 1.11. The van der Waals surface area contributed by atoms with Gasteiger partial charge in [-0.2, -0.15) is 0 Å². The van der Waals surface area contributed by atoms with Crippen LogP contribution in [0.4, 0.5) is 4.79 Å². The van der Waals surface area contributed by atoms with E-state index in [4.69, 9.17) is 9.47 Å². The first-order chi connectivity index (χ1) is 19.3. The third-order valence-electron chi connectivity index (χ3n) is 9.99. The van der Waals surface area contributed by atoms with Gasteiger partial charge in [0.1, 0.15) is 6.10 Å². The Labute approximate surface area is 238 Å². The van der Waals surface area contributed by atoms with Gasteiger partial charge in [0.2, 0.25) is 5.91 Å². The highest BCUT2D eigenvalue weighted by Crippen LogP contribution is 2.62. The van der Waals surface area contributed by atoms with Gasteiger partial charge in [0, 0.05) is 55.4 Å². The molecular weight excluding hydrogens is 504 g/mol. The number of nitrogens with zero attached hydrogens (tertiary/aromatic N) is 2. The molecule has 8 heteroatoms. The fraction of sp³-hybridized carbons (Fsp3) is 0.688. The summed E-state index contributed by atoms with van der Waals surface area (Å²) in [4.78, 5) is 28.4. The monoisotopic (exact) mass is 550 g/mol. The second-order valence-electron chi connectivity index (χ2n) is 13.2. The summed E-state index contributed by atoms with van der Waals surface area (Å²) >= 11 is 0. The van der Waals surface area contributed by atoms with E-state index in [0.29, 0.717) is 36.6 Å². The van der Waals surface area contributed by atoms with Gasteiger partial charge in [-0.1, -0.05) is 44.9 Å². The van der Waals surface area contributed by atoms with Crippen LogP contribution >= 0.6 is 0 Å². The quantitative estimate of drug-likeness (QED) is 0.462. The average molecular weight is 551 g/mol. The molecule has 2 N–H and O–H groups in total. The molecule has 1 aromatic carbocycles. The standard InChI is InChI=1S/C32H46N4O4/c1-21(2)17-22(18-28(37)34-36-14-6-4-5-7-15-36)20-33-31(38)39-26-12-11-23-19-25-24-9-8-10-27-32(24,13-16-35(25)3)29(23)30(26)40-27/h8-9,11-12,21-22,24-25,27H,4-7,10,13-20H2,1-3H3,(H,33,38)(H,34,37)/t22?,24?,25?,27-,32+/m0/s1. The van der Waals surface area contributed by atoms with Crippen LogP contribution in [-0.2, 0) is 16.6 Å². The Hall–Kier alpha value is -2.58. The highest BCUT2D eigenvalue weighted by Gasteiger charge is 2.62. The molecule has 0 saturated carbocycles. The highest BCUT2D eigenvalue weighted by atomic mass is 16.6. The summed E-state index contributed by atoms with van der Waals surface area (Å²) in [6.45, 7) is 7.58. The Bertz CT molecular complexity index is 1140. The van der Waals surface area contributed by atoms with Crippen LogP contribution in [0.5, 0.6) is 11.5 Å². The molecule has 1 spiro atoms. The van der Waals surface area contributed by atoms with Crippen LogP contribution in [0.15, 0.2) is 24.3 Å². The molecule has 3 aliphatic heterocycles. The molecule has 2 aliphatic carbocycles. The lowest BCUT2D eigenvalue weighted by atomic mass is 9.54. The van der Waals surface area contributed by atoms with Gasteiger partial charge in [0.15, 0.2) is 11.5 Å². The van der Waals surface area contributed by atoms with E-state index in [1.807, 2.05) is 6.07 Å². The van der Waals surface area contributed by atoms with Crippen LogP contribution in [0.3, 0.4) is 0 Å². The summed E-state index contributed by atoms with van der Waals surface area (Å²) in [5.74, 6) is 2.20. The maximum atomic E-state index is 13.1. The number of hydrogen-bond donors (Lipinski definition) is 2. The third kappa shape index (κ3) is 5.13. The van der Waals surface area contributed by atoms with Gasteiger partial charge in [0.25, 0.3) is 0 Å². The van der Waals surface area contributed by atoms with Crippen molar-refractivity contribution in [3.05, 3.63) is 35.4 Å². The van der Waals surface area contributed by atoms with Crippen molar-refractivity contribution < 1.29 is 19.1 Å². The van der Waals surface area contributed by atoms with Crippen LogP contribution in [0, 0.1) is 17.8 Å². The molecule has 2 saturated heterocycles. The number of ether oxygens (including phenoxy) is 2. The summed E-state index contributed by atoms with van der Waals surface area (Å²) < 4.78 is 12.5. The molecule has 0 radical (unpaired) electrons. The van der Waals surface area contributed by atoms with Crippen molar-refractivity contribution in [2.45, 2.75) is 89.2 Å². The molecule has 40 heavy (non-hydrogen) atoms. The van der Waals surface area contributed by atoms with Crippen molar-refractivity contribution in [3.63, 3.8) is 0 Å². The highest BCUT2D eigenvalue weighted by molar-refractivity contribution is 5.76. The lowest BCUT2D eigenvalue weighted by molar-refractivity contribution is -0.127. The number of rotatable bonds is 8. The minimum absolute atomic E-state index is 0.0201. The smallest absolute Gasteiger partial charge is 0.412 e. The molecule has 218 valence electrons. The van der Waals surface area contributed by atoms with Crippen molar-refractivity contribution in [1.82, 2.24) is 20.7 Å². The van der Waals surface area contributed by atoms with Crippen LogP contribution in [0.25, 0.3) is 0 Å². The lowest BCUT2D eigenvalue weighted by Crippen LogP contribution is -2.62. The Kier molecular flexibility index (Phi) is 7.83. The molecule has 5 aliphatic rings. The third-order valence-corrected chi connectivity index (χ3v) is 9.99. The second-order valence-corrected chi connectivity index (χ2v) is 13.2. The van der Waals surface area contributed by atoms with Gasteiger partial charge in [-0.25, -0.2) is 9.80 Å². The van der Waals surface area contributed by atoms with Gasteiger partial charge in [-0.05, 0) is 69.2 Å². The maximum absolute atomic E-state index is 13.1. The fourth-order valence-electron chi connectivity index (χ4n) is 8.22. The minimum atomic E-state index is -0.486. The molecule has 2 amide bonds. The van der Waals surface area contributed by atoms with Gasteiger partial charge in [0.05, 0.1) is 0 Å². The molecular formula is C32H46N4O4. The van der Waals surface area contributed by atoms with E-state index in [1.54, 1.807) is 0 Å². The predicted octanol–water partition coefficient (Wildman–Crippen LogP) is 4.57. The molecule has 1 aromatic rings.